The van der Waals surface area contributed by atoms with Crippen molar-refractivity contribution in [1.82, 2.24) is 9.62 Å². The van der Waals surface area contributed by atoms with Gasteiger partial charge in [0.25, 0.3) is 5.91 Å². The van der Waals surface area contributed by atoms with Gasteiger partial charge in [-0.2, -0.15) is 4.72 Å². The highest BCUT2D eigenvalue weighted by Crippen LogP contribution is 2.28. The first-order valence-electron chi connectivity index (χ1n) is 10.6. The summed E-state index contributed by atoms with van der Waals surface area (Å²) >= 11 is 1.45. The van der Waals surface area contributed by atoms with Gasteiger partial charge in [0.2, 0.25) is 10.0 Å². The molecule has 1 aliphatic rings. The smallest absolute Gasteiger partial charge is 0.255 e. The lowest BCUT2D eigenvalue weighted by atomic mass is 10.00. The van der Waals surface area contributed by atoms with Crippen LogP contribution in [0.5, 0.6) is 0 Å². The number of hydrogen-bond acceptors (Lipinski definition) is 4. The summed E-state index contributed by atoms with van der Waals surface area (Å²) in [5.74, 6) is -0.105. The van der Waals surface area contributed by atoms with Gasteiger partial charge in [-0.15, -0.1) is 11.8 Å². The molecule has 1 aliphatic heterocycles. The van der Waals surface area contributed by atoms with Crippen molar-refractivity contribution in [2.75, 3.05) is 19.3 Å². The van der Waals surface area contributed by atoms with Crippen LogP contribution >= 0.6 is 11.8 Å². The number of carbonyl (C=O) groups excluding carboxylic acids is 1. The summed E-state index contributed by atoms with van der Waals surface area (Å²) in [5.41, 5.74) is 2.13. The molecular formula is C25H26N2O3S2. The van der Waals surface area contributed by atoms with Crippen molar-refractivity contribution >= 4 is 27.7 Å². The first-order valence-corrected chi connectivity index (χ1v) is 13.3. The Bertz CT molecular complexity index is 1140. The van der Waals surface area contributed by atoms with Gasteiger partial charge in [-0.25, -0.2) is 8.42 Å². The standard InChI is InChI=1S/C25H26N2O3S2/c1-31-23-15-14-21(18-22(23)25(28)27-16-8-9-17-27)32(29,30)26-24(19-10-4-2-5-11-19)20-12-6-3-7-13-20/h2-7,10-15,18,24,26H,8-9,16-17H2,1H3. The summed E-state index contributed by atoms with van der Waals surface area (Å²) in [6.07, 6.45) is 3.86. The molecule has 0 bridgehead atoms. The lowest BCUT2D eigenvalue weighted by molar-refractivity contribution is 0.0789. The monoisotopic (exact) mass is 466 g/mol. The van der Waals surface area contributed by atoms with Crippen molar-refractivity contribution in [3.8, 4) is 0 Å². The van der Waals surface area contributed by atoms with Crippen LogP contribution in [-0.2, 0) is 10.0 Å². The van der Waals surface area contributed by atoms with E-state index in [2.05, 4.69) is 4.72 Å². The molecule has 0 aromatic heterocycles. The summed E-state index contributed by atoms with van der Waals surface area (Å²) in [6.45, 7) is 1.43. The van der Waals surface area contributed by atoms with Gasteiger partial charge in [0, 0.05) is 18.0 Å². The summed E-state index contributed by atoms with van der Waals surface area (Å²) in [5, 5.41) is 0. The number of nitrogens with zero attached hydrogens (tertiary/aromatic N) is 1. The second-order valence-corrected chi connectivity index (χ2v) is 10.3. The van der Waals surface area contributed by atoms with Crippen LogP contribution in [0.25, 0.3) is 0 Å². The number of hydrogen-bond donors (Lipinski definition) is 1. The first kappa shape index (κ1) is 22.6. The fourth-order valence-corrected chi connectivity index (χ4v) is 5.76. The molecule has 5 nitrogen and oxygen atoms in total. The second-order valence-electron chi connectivity index (χ2n) is 7.74. The Morgan fingerprint density at radius 2 is 1.47 bits per heavy atom. The molecule has 7 heteroatoms. The zero-order valence-corrected chi connectivity index (χ0v) is 19.5. The van der Waals surface area contributed by atoms with E-state index in [0.717, 1.165) is 28.9 Å². The van der Waals surface area contributed by atoms with Crippen molar-refractivity contribution in [2.24, 2.45) is 0 Å². The number of carbonyl (C=O) groups is 1. The Morgan fingerprint density at radius 1 is 0.906 bits per heavy atom. The topological polar surface area (TPSA) is 66.5 Å². The molecule has 3 aromatic rings. The Kier molecular flexibility index (Phi) is 6.98. The Labute approximate surface area is 193 Å². The highest BCUT2D eigenvalue weighted by molar-refractivity contribution is 7.98. The fourth-order valence-electron chi connectivity index (χ4n) is 3.95. The number of likely N-dealkylation sites (tertiary alicyclic amines) is 1. The molecule has 0 unspecified atom stereocenters. The normalized spacial score (nSPS) is 14.1. The van der Waals surface area contributed by atoms with E-state index in [4.69, 9.17) is 0 Å². The maximum atomic E-state index is 13.4. The van der Waals surface area contributed by atoms with E-state index < -0.39 is 16.1 Å². The van der Waals surface area contributed by atoms with Crippen LogP contribution in [0, 0.1) is 0 Å². The van der Waals surface area contributed by atoms with Gasteiger partial charge in [-0.3, -0.25) is 4.79 Å². The molecule has 166 valence electrons. The molecule has 3 aromatic carbocycles. The van der Waals surface area contributed by atoms with Gasteiger partial charge in [-0.05, 0) is 48.4 Å². The van der Waals surface area contributed by atoms with E-state index in [1.54, 1.807) is 17.0 Å². The van der Waals surface area contributed by atoms with Crippen molar-refractivity contribution in [3.63, 3.8) is 0 Å². The van der Waals surface area contributed by atoms with Crippen molar-refractivity contribution in [2.45, 2.75) is 28.7 Å². The highest BCUT2D eigenvalue weighted by Gasteiger charge is 2.27. The van der Waals surface area contributed by atoms with Gasteiger partial charge < -0.3 is 4.90 Å². The van der Waals surface area contributed by atoms with E-state index in [0.29, 0.717) is 18.7 Å². The van der Waals surface area contributed by atoms with Crippen LogP contribution in [0.3, 0.4) is 0 Å². The quantitative estimate of drug-likeness (QED) is 0.512. The van der Waals surface area contributed by atoms with Crippen molar-refractivity contribution < 1.29 is 13.2 Å². The molecule has 1 amide bonds. The minimum absolute atomic E-state index is 0.0923. The molecule has 0 aliphatic carbocycles. The summed E-state index contributed by atoms with van der Waals surface area (Å²) in [7, 11) is -3.89. The minimum Gasteiger partial charge on any atom is -0.339 e. The molecule has 0 spiro atoms. The van der Waals surface area contributed by atoms with Crippen LogP contribution in [-0.4, -0.2) is 38.6 Å². The summed E-state index contributed by atoms with van der Waals surface area (Å²) in [4.78, 5) is 15.7. The van der Waals surface area contributed by atoms with Gasteiger partial charge >= 0.3 is 0 Å². The van der Waals surface area contributed by atoms with Gasteiger partial charge in [-0.1, -0.05) is 60.7 Å². The molecule has 1 N–H and O–H groups in total. The maximum Gasteiger partial charge on any atom is 0.255 e. The van der Waals surface area contributed by atoms with Crippen LogP contribution in [0.15, 0.2) is 88.7 Å². The Balaban J connectivity index is 1.70. The molecule has 1 saturated heterocycles. The predicted molar refractivity (Wildman–Crippen MR) is 128 cm³/mol. The summed E-state index contributed by atoms with van der Waals surface area (Å²) in [6, 6.07) is 23.2. The first-order chi connectivity index (χ1) is 15.5. The average molecular weight is 467 g/mol. The van der Waals surface area contributed by atoms with Crippen LogP contribution < -0.4 is 4.72 Å². The van der Waals surface area contributed by atoms with Crippen molar-refractivity contribution in [1.29, 1.82) is 0 Å². The molecule has 0 saturated carbocycles. The molecule has 4 rings (SSSR count). The van der Waals surface area contributed by atoms with Crippen LogP contribution in [0.4, 0.5) is 0 Å². The van der Waals surface area contributed by atoms with Gasteiger partial charge in [0.05, 0.1) is 16.5 Å². The SMILES string of the molecule is CSc1ccc(S(=O)(=O)NC(c2ccccc2)c2ccccc2)cc1C(=O)N1CCCC1. The summed E-state index contributed by atoms with van der Waals surface area (Å²) < 4.78 is 29.7. The fraction of sp³-hybridized carbons (Fsp3) is 0.240. The van der Waals surface area contributed by atoms with Crippen molar-refractivity contribution in [3.05, 3.63) is 95.6 Å². The Morgan fingerprint density at radius 3 is 2.00 bits per heavy atom. The number of benzene rings is 3. The number of sulfonamides is 1. The van der Waals surface area contributed by atoms with Gasteiger partial charge in [0.15, 0.2) is 0 Å². The molecular weight excluding hydrogens is 440 g/mol. The van der Waals surface area contributed by atoms with E-state index in [-0.39, 0.29) is 10.8 Å². The zero-order valence-electron chi connectivity index (χ0n) is 17.9. The molecule has 1 fully saturated rings. The van der Waals surface area contributed by atoms with Gasteiger partial charge in [0.1, 0.15) is 0 Å². The van der Waals surface area contributed by atoms with E-state index in [9.17, 15) is 13.2 Å². The largest absolute Gasteiger partial charge is 0.339 e. The highest BCUT2D eigenvalue weighted by atomic mass is 32.2. The maximum absolute atomic E-state index is 13.4. The van der Waals surface area contributed by atoms with E-state index in [1.165, 1.54) is 17.8 Å². The Hall–Kier alpha value is -2.61. The minimum atomic E-state index is -3.89. The molecule has 1 heterocycles. The van der Waals surface area contributed by atoms with Crippen LogP contribution in [0.2, 0.25) is 0 Å². The van der Waals surface area contributed by atoms with Crippen LogP contribution in [0.1, 0.15) is 40.4 Å². The number of rotatable bonds is 7. The number of amides is 1. The number of nitrogens with one attached hydrogen (secondary N) is 1. The van der Waals surface area contributed by atoms with E-state index >= 15 is 0 Å². The molecule has 0 radical (unpaired) electrons. The molecule has 0 atom stereocenters. The third-order valence-electron chi connectivity index (χ3n) is 5.64. The molecule has 32 heavy (non-hydrogen) atoms. The van der Waals surface area contributed by atoms with E-state index in [1.807, 2.05) is 66.9 Å². The third-order valence-corrected chi connectivity index (χ3v) is 7.86. The second kappa shape index (κ2) is 9.90. The lowest BCUT2D eigenvalue weighted by Crippen LogP contribution is -2.31. The average Bonchev–Trinajstić information content (AvgIpc) is 3.38. The third kappa shape index (κ3) is 4.90. The lowest BCUT2D eigenvalue weighted by Gasteiger charge is -2.21. The predicted octanol–water partition coefficient (Wildman–Crippen LogP) is 4.71. The zero-order chi connectivity index (χ0) is 22.6. The number of thioether (sulfide) groups is 1.